The van der Waals surface area contributed by atoms with Gasteiger partial charge in [0, 0.05) is 6.42 Å². The summed E-state index contributed by atoms with van der Waals surface area (Å²) in [6, 6.07) is 4.88. The third kappa shape index (κ3) is 3.54. The quantitative estimate of drug-likeness (QED) is 0.472. The summed E-state index contributed by atoms with van der Waals surface area (Å²) in [5.74, 6) is 4.45. The Morgan fingerprint density at radius 3 is 2.62 bits per heavy atom. The van der Waals surface area contributed by atoms with Crippen LogP contribution in [0, 0.1) is 0 Å². The summed E-state index contributed by atoms with van der Waals surface area (Å²) in [6.45, 7) is 0. The van der Waals surface area contributed by atoms with Gasteiger partial charge in [0.2, 0.25) is 5.91 Å². The van der Waals surface area contributed by atoms with Gasteiger partial charge in [0.25, 0.3) is 0 Å². The van der Waals surface area contributed by atoms with Crippen LogP contribution in [0.3, 0.4) is 0 Å². The molecule has 1 amide bonds. The van der Waals surface area contributed by atoms with Gasteiger partial charge in [-0.1, -0.05) is 18.2 Å². The second kappa shape index (κ2) is 4.98. The normalized spacial score (nSPS) is 11.2. The molecule has 0 aliphatic rings. The number of hydrogen-bond acceptors (Lipinski definition) is 2. The van der Waals surface area contributed by atoms with E-state index in [1.54, 1.807) is 6.07 Å². The van der Waals surface area contributed by atoms with E-state index >= 15 is 0 Å². The molecule has 3 N–H and O–H groups in total. The van der Waals surface area contributed by atoms with E-state index < -0.39 is 17.6 Å². The van der Waals surface area contributed by atoms with E-state index in [0.29, 0.717) is 5.56 Å². The molecule has 3 nitrogen and oxygen atoms in total. The Labute approximate surface area is 90.4 Å². The highest BCUT2D eigenvalue weighted by atomic mass is 19.4. The van der Waals surface area contributed by atoms with Crippen LogP contribution in [0.2, 0.25) is 0 Å². The van der Waals surface area contributed by atoms with Gasteiger partial charge in [0.05, 0.1) is 5.56 Å². The average Bonchev–Trinajstić information content (AvgIpc) is 2.25. The summed E-state index contributed by atoms with van der Waals surface area (Å²) >= 11 is 0. The molecule has 1 rings (SSSR count). The largest absolute Gasteiger partial charge is 0.416 e. The van der Waals surface area contributed by atoms with Crippen molar-refractivity contribution in [1.29, 1.82) is 0 Å². The smallest absolute Gasteiger partial charge is 0.294 e. The number of alkyl halides is 3. The van der Waals surface area contributed by atoms with Crippen LogP contribution in [0.25, 0.3) is 0 Å². The Bertz CT molecular complexity index is 377. The zero-order chi connectivity index (χ0) is 12.2. The molecule has 0 saturated carbocycles. The Morgan fingerprint density at radius 2 is 2.06 bits per heavy atom. The highest BCUT2D eigenvalue weighted by Gasteiger charge is 2.30. The summed E-state index contributed by atoms with van der Waals surface area (Å²) in [4.78, 5) is 10.8. The number of aryl methyl sites for hydroxylation is 1. The van der Waals surface area contributed by atoms with Gasteiger partial charge in [-0.3, -0.25) is 10.2 Å². The van der Waals surface area contributed by atoms with E-state index in [9.17, 15) is 18.0 Å². The number of benzene rings is 1. The number of hydrazine groups is 1. The Kier molecular flexibility index (Phi) is 3.89. The SMILES string of the molecule is NNC(=O)CCc1cccc(C(F)(F)F)c1. The van der Waals surface area contributed by atoms with E-state index in [-0.39, 0.29) is 12.8 Å². The molecule has 0 aromatic heterocycles. The van der Waals surface area contributed by atoms with Crippen molar-refractivity contribution < 1.29 is 18.0 Å². The third-order valence-electron chi connectivity index (χ3n) is 2.06. The number of amides is 1. The fourth-order valence-corrected chi connectivity index (χ4v) is 1.23. The van der Waals surface area contributed by atoms with Crippen LogP contribution in [0.1, 0.15) is 17.5 Å². The molecule has 0 atom stereocenters. The number of nitrogens with one attached hydrogen (secondary N) is 1. The first-order valence-electron chi connectivity index (χ1n) is 4.59. The summed E-state index contributed by atoms with van der Waals surface area (Å²) in [5.41, 5.74) is 1.67. The molecule has 0 radical (unpaired) electrons. The molecule has 88 valence electrons. The van der Waals surface area contributed by atoms with Crippen molar-refractivity contribution in [3.8, 4) is 0 Å². The molecule has 0 saturated heterocycles. The van der Waals surface area contributed by atoms with Gasteiger partial charge in [-0.25, -0.2) is 5.84 Å². The van der Waals surface area contributed by atoms with Crippen molar-refractivity contribution in [3.05, 3.63) is 35.4 Å². The molecule has 0 fully saturated rings. The molecule has 0 spiro atoms. The Balaban J connectivity index is 2.72. The zero-order valence-electron chi connectivity index (χ0n) is 8.34. The molecule has 1 aromatic carbocycles. The lowest BCUT2D eigenvalue weighted by molar-refractivity contribution is -0.137. The molecule has 16 heavy (non-hydrogen) atoms. The molecule has 0 heterocycles. The second-order valence-electron chi connectivity index (χ2n) is 3.27. The van der Waals surface area contributed by atoms with E-state index in [4.69, 9.17) is 5.84 Å². The highest BCUT2D eigenvalue weighted by molar-refractivity contribution is 5.75. The molecule has 1 aromatic rings. The van der Waals surface area contributed by atoms with Crippen LogP contribution >= 0.6 is 0 Å². The second-order valence-corrected chi connectivity index (χ2v) is 3.27. The fraction of sp³-hybridized carbons (Fsp3) is 0.300. The zero-order valence-corrected chi connectivity index (χ0v) is 8.34. The van der Waals surface area contributed by atoms with E-state index in [2.05, 4.69) is 0 Å². The minimum atomic E-state index is -4.36. The molecule has 0 aliphatic carbocycles. The van der Waals surface area contributed by atoms with Crippen molar-refractivity contribution in [1.82, 2.24) is 5.43 Å². The summed E-state index contributed by atoms with van der Waals surface area (Å²) in [6.07, 6.45) is -4.06. The standard InChI is InChI=1S/C10H11F3N2O/c11-10(12,13)8-3-1-2-7(6-8)4-5-9(16)15-14/h1-3,6H,4-5,14H2,(H,15,16). The minimum absolute atomic E-state index is 0.0673. The number of carbonyl (C=O) groups is 1. The van der Waals surface area contributed by atoms with Gasteiger partial charge in [-0.15, -0.1) is 0 Å². The maximum absolute atomic E-state index is 12.3. The van der Waals surface area contributed by atoms with Crippen molar-refractivity contribution in [2.24, 2.45) is 5.84 Å². The number of halogens is 3. The molecule has 6 heteroatoms. The van der Waals surface area contributed by atoms with Crippen LogP contribution in [0.5, 0.6) is 0 Å². The van der Waals surface area contributed by atoms with Crippen LogP contribution in [-0.4, -0.2) is 5.91 Å². The lowest BCUT2D eigenvalue weighted by atomic mass is 10.1. The Hall–Kier alpha value is -1.56. The van der Waals surface area contributed by atoms with Crippen molar-refractivity contribution >= 4 is 5.91 Å². The van der Waals surface area contributed by atoms with Crippen molar-refractivity contribution in [2.75, 3.05) is 0 Å². The van der Waals surface area contributed by atoms with Gasteiger partial charge < -0.3 is 0 Å². The van der Waals surface area contributed by atoms with Gasteiger partial charge in [-0.05, 0) is 18.1 Å². The van der Waals surface area contributed by atoms with Gasteiger partial charge in [0.15, 0.2) is 0 Å². The van der Waals surface area contributed by atoms with E-state index in [1.807, 2.05) is 5.43 Å². The number of nitrogens with two attached hydrogens (primary N) is 1. The van der Waals surface area contributed by atoms with Crippen LogP contribution in [0.15, 0.2) is 24.3 Å². The molecule has 0 bridgehead atoms. The number of hydrogen-bond donors (Lipinski definition) is 2. The number of carbonyl (C=O) groups excluding carboxylic acids is 1. The maximum Gasteiger partial charge on any atom is 0.416 e. The first-order valence-corrected chi connectivity index (χ1v) is 4.59. The summed E-state index contributed by atoms with van der Waals surface area (Å²) in [7, 11) is 0. The monoisotopic (exact) mass is 232 g/mol. The Morgan fingerprint density at radius 1 is 1.38 bits per heavy atom. The third-order valence-corrected chi connectivity index (χ3v) is 2.06. The first kappa shape index (κ1) is 12.5. The predicted molar refractivity (Wildman–Crippen MR) is 52.1 cm³/mol. The highest BCUT2D eigenvalue weighted by Crippen LogP contribution is 2.29. The lowest BCUT2D eigenvalue weighted by Crippen LogP contribution is -2.30. The van der Waals surface area contributed by atoms with E-state index in [0.717, 1.165) is 12.1 Å². The molecule has 0 unspecified atom stereocenters. The first-order chi connectivity index (χ1) is 7.43. The average molecular weight is 232 g/mol. The lowest BCUT2D eigenvalue weighted by Gasteiger charge is -2.08. The molecule has 0 aliphatic heterocycles. The maximum atomic E-state index is 12.3. The fourth-order valence-electron chi connectivity index (χ4n) is 1.23. The number of rotatable bonds is 3. The van der Waals surface area contributed by atoms with Crippen LogP contribution in [0.4, 0.5) is 13.2 Å². The summed E-state index contributed by atoms with van der Waals surface area (Å²) in [5, 5.41) is 0. The van der Waals surface area contributed by atoms with Gasteiger partial charge in [0.1, 0.15) is 0 Å². The minimum Gasteiger partial charge on any atom is -0.294 e. The predicted octanol–water partition coefficient (Wildman–Crippen LogP) is 1.63. The summed E-state index contributed by atoms with van der Waals surface area (Å²) < 4.78 is 37.0. The van der Waals surface area contributed by atoms with Crippen molar-refractivity contribution in [3.63, 3.8) is 0 Å². The van der Waals surface area contributed by atoms with Crippen molar-refractivity contribution in [2.45, 2.75) is 19.0 Å². The van der Waals surface area contributed by atoms with Crippen LogP contribution in [-0.2, 0) is 17.4 Å². The molecular formula is C10H11F3N2O. The van der Waals surface area contributed by atoms with Gasteiger partial charge >= 0.3 is 6.18 Å². The van der Waals surface area contributed by atoms with Crippen LogP contribution < -0.4 is 11.3 Å². The molecular weight excluding hydrogens is 221 g/mol. The van der Waals surface area contributed by atoms with E-state index in [1.165, 1.54) is 6.07 Å². The topological polar surface area (TPSA) is 55.1 Å². The van der Waals surface area contributed by atoms with Gasteiger partial charge in [-0.2, -0.15) is 13.2 Å².